The fourth-order valence-corrected chi connectivity index (χ4v) is 3.61. The Bertz CT molecular complexity index is 417. The lowest BCUT2D eigenvalue weighted by molar-refractivity contribution is 0.420. The van der Waals surface area contributed by atoms with Crippen LogP contribution < -0.4 is 5.32 Å². The fraction of sp³-hybridized carbons (Fsp3) is 0.786. The van der Waals surface area contributed by atoms with Gasteiger partial charge in [-0.1, -0.05) is 24.9 Å². The van der Waals surface area contributed by atoms with Crippen LogP contribution in [0.25, 0.3) is 0 Å². The van der Waals surface area contributed by atoms with Gasteiger partial charge < -0.3 is 5.32 Å². The molecule has 1 N–H and O–H groups in total. The molecule has 0 aliphatic heterocycles. The molecule has 2 atom stereocenters. The first-order valence-electron chi connectivity index (χ1n) is 7.24. The number of rotatable bonds is 6. The molecule has 1 heterocycles. The number of hydrogen-bond donors (Lipinski definition) is 1. The van der Waals surface area contributed by atoms with E-state index >= 15 is 0 Å². The Hall–Kier alpha value is -0.250. The van der Waals surface area contributed by atoms with Gasteiger partial charge in [0.05, 0.1) is 16.4 Å². The molecule has 0 spiro atoms. The van der Waals surface area contributed by atoms with E-state index in [4.69, 9.17) is 23.2 Å². The van der Waals surface area contributed by atoms with Gasteiger partial charge in [0.25, 0.3) is 0 Å². The summed E-state index contributed by atoms with van der Waals surface area (Å²) in [7, 11) is 0. The number of aryl methyl sites for hydroxylation is 2. The van der Waals surface area contributed by atoms with E-state index in [-0.39, 0.29) is 0 Å². The second-order valence-corrected chi connectivity index (χ2v) is 5.90. The molecule has 0 saturated heterocycles. The molecule has 1 aromatic rings. The highest BCUT2D eigenvalue weighted by atomic mass is 35.5. The summed E-state index contributed by atoms with van der Waals surface area (Å²) in [6, 6.07) is 0.527. The maximum atomic E-state index is 6.41. The molecule has 5 heteroatoms. The van der Waals surface area contributed by atoms with Crippen LogP contribution in [0.1, 0.15) is 44.5 Å². The van der Waals surface area contributed by atoms with Crippen molar-refractivity contribution in [2.24, 2.45) is 5.92 Å². The van der Waals surface area contributed by atoms with E-state index in [1.165, 1.54) is 19.3 Å². The van der Waals surface area contributed by atoms with E-state index in [2.05, 4.69) is 24.3 Å². The summed E-state index contributed by atoms with van der Waals surface area (Å²) in [6.07, 6.45) is 4.61. The minimum absolute atomic E-state index is 0.527. The molecule has 0 amide bonds. The third kappa shape index (κ3) is 3.26. The molecular weight excluding hydrogens is 281 g/mol. The number of nitrogens with zero attached hydrogens (tertiary/aromatic N) is 2. The van der Waals surface area contributed by atoms with Gasteiger partial charge in [-0.15, -0.1) is 11.6 Å². The van der Waals surface area contributed by atoms with Crippen LogP contribution in [0.5, 0.6) is 0 Å². The Morgan fingerprint density at radius 1 is 1.37 bits per heavy atom. The number of alkyl halides is 1. The van der Waals surface area contributed by atoms with Gasteiger partial charge in [-0.2, -0.15) is 5.10 Å². The van der Waals surface area contributed by atoms with Crippen molar-refractivity contribution >= 4 is 23.2 Å². The van der Waals surface area contributed by atoms with Crippen molar-refractivity contribution in [2.45, 2.75) is 58.7 Å². The summed E-state index contributed by atoms with van der Waals surface area (Å²) >= 11 is 12.4. The fourth-order valence-electron chi connectivity index (χ4n) is 2.90. The first kappa shape index (κ1) is 15.1. The van der Waals surface area contributed by atoms with Gasteiger partial charge >= 0.3 is 0 Å². The normalized spacial score (nSPS) is 23.2. The van der Waals surface area contributed by atoms with Gasteiger partial charge in [-0.25, -0.2) is 0 Å². The molecule has 1 saturated carbocycles. The average Bonchev–Trinajstić information content (AvgIpc) is 3.00. The molecule has 0 bridgehead atoms. The number of nitrogens with one attached hydrogen (secondary N) is 1. The SMILES string of the molecule is CCc1nn(CC)c(CNC2CCCC2CCl)c1Cl. The molecule has 2 rings (SSSR count). The highest BCUT2D eigenvalue weighted by Gasteiger charge is 2.26. The summed E-state index contributed by atoms with van der Waals surface area (Å²) in [5.74, 6) is 1.35. The highest BCUT2D eigenvalue weighted by molar-refractivity contribution is 6.31. The van der Waals surface area contributed by atoms with Gasteiger partial charge in [0.15, 0.2) is 0 Å². The maximum absolute atomic E-state index is 6.41. The van der Waals surface area contributed by atoms with E-state index in [0.29, 0.717) is 12.0 Å². The Balaban J connectivity index is 2.04. The van der Waals surface area contributed by atoms with Gasteiger partial charge in [-0.05, 0) is 32.1 Å². The van der Waals surface area contributed by atoms with Crippen molar-refractivity contribution in [3.63, 3.8) is 0 Å². The molecule has 19 heavy (non-hydrogen) atoms. The predicted molar refractivity (Wildman–Crippen MR) is 81.0 cm³/mol. The molecule has 1 aliphatic carbocycles. The van der Waals surface area contributed by atoms with Gasteiger partial charge in [0, 0.05) is 25.0 Å². The van der Waals surface area contributed by atoms with Crippen LogP contribution in [0.4, 0.5) is 0 Å². The molecule has 108 valence electrons. The van der Waals surface area contributed by atoms with Crippen molar-refractivity contribution < 1.29 is 0 Å². The lowest BCUT2D eigenvalue weighted by atomic mass is 10.1. The van der Waals surface area contributed by atoms with Crippen molar-refractivity contribution in [1.29, 1.82) is 0 Å². The first-order chi connectivity index (χ1) is 9.21. The van der Waals surface area contributed by atoms with E-state index < -0.39 is 0 Å². The molecule has 2 unspecified atom stereocenters. The molecule has 1 aromatic heterocycles. The monoisotopic (exact) mass is 303 g/mol. The third-order valence-electron chi connectivity index (χ3n) is 4.08. The lowest BCUT2D eigenvalue weighted by Gasteiger charge is -2.19. The Labute approximate surface area is 125 Å². The van der Waals surface area contributed by atoms with E-state index in [1.54, 1.807) is 0 Å². The zero-order valence-electron chi connectivity index (χ0n) is 11.8. The zero-order valence-corrected chi connectivity index (χ0v) is 13.3. The van der Waals surface area contributed by atoms with Crippen molar-refractivity contribution in [3.8, 4) is 0 Å². The Morgan fingerprint density at radius 3 is 2.79 bits per heavy atom. The average molecular weight is 304 g/mol. The molecule has 1 aliphatic rings. The third-order valence-corrected chi connectivity index (χ3v) is 4.92. The number of halogens is 2. The molecule has 0 radical (unpaired) electrons. The summed E-state index contributed by atoms with van der Waals surface area (Å²) in [5, 5.41) is 9.00. The second-order valence-electron chi connectivity index (χ2n) is 5.21. The van der Waals surface area contributed by atoms with Crippen LogP contribution in [-0.2, 0) is 19.5 Å². The van der Waals surface area contributed by atoms with Crippen LogP contribution in [-0.4, -0.2) is 21.7 Å². The largest absolute Gasteiger partial charge is 0.308 e. The van der Waals surface area contributed by atoms with Crippen LogP contribution in [0.3, 0.4) is 0 Å². The summed E-state index contributed by atoms with van der Waals surface area (Å²) in [5.41, 5.74) is 2.11. The summed E-state index contributed by atoms with van der Waals surface area (Å²) in [6.45, 7) is 5.84. The van der Waals surface area contributed by atoms with Gasteiger partial charge in [-0.3, -0.25) is 4.68 Å². The molecular formula is C14H23Cl2N3. The molecule has 1 fully saturated rings. The second kappa shape index (κ2) is 6.96. The Morgan fingerprint density at radius 2 is 2.16 bits per heavy atom. The first-order valence-corrected chi connectivity index (χ1v) is 8.15. The number of hydrogen-bond acceptors (Lipinski definition) is 2. The number of aromatic nitrogens is 2. The highest BCUT2D eigenvalue weighted by Crippen LogP contribution is 2.28. The Kier molecular flexibility index (Phi) is 5.55. The predicted octanol–water partition coefficient (Wildman–Crippen LogP) is 3.62. The van der Waals surface area contributed by atoms with Crippen molar-refractivity contribution in [2.75, 3.05) is 5.88 Å². The zero-order chi connectivity index (χ0) is 13.8. The van der Waals surface area contributed by atoms with E-state index in [9.17, 15) is 0 Å². The van der Waals surface area contributed by atoms with Crippen LogP contribution in [0.2, 0.25) is 5.02 Å². The maximum Gasteiger partial charge on any atom is 0.0863 e. The summed E-state index contributed by atoms with van der Waals surface area (Å²) < 4.78 is 2.01. The lowest BCUT2D eigenvalue weighted by Crippen LogP contribution is -2.33. The van der Waals surface area contributed by atoms with Gasteiger partial charge in [0.1, 0.15) is 0 Å². The van der Waals surface area contributed by atoms with Gasteiger partial charge in [0.2, 0.25) is 0 Å². The van der Waals surface area contributed by atoms with Crippen LogP contribution in [0, 0.1) is 5.92 Å². The van der Waals surface area contributed by atoms with E-state index in [1.807, 2.05) is 4.68 Å². The topological polar surface area (TPSA) is 29.9 Å². The van der Waals surface area contributed by atoms with Crippen molar-refractivity contribution in [3.05, 3.63) is 16.4 Å². The minimum Gasteiger partial charge on any atom is -0.308 e. The standard InChI is InChI=1S/C14H23Cl2N3/c1-3-11-14(16)13(19(4-2)18-11)9-17-12-7-5-6-10(12)8-15/h10,12,17H,3-9H2,1-2H3. The smallest absolute Gasteiger partial charge is 0.0863 e. The summed E-state index contributed by atoms with van der Waals surface area (Å²) in [4.78, 5) is 0. The quantitative estimate of drug-likeness (QED) is 0.814. The molecule has 0 aromatic carbocycles. The van der Waals surface area contributed by atoms with E-state index in [0.717, 1.165) is 41.8 Å². The van der Waals surface area contributed by atoms with Crippen LogP contribution >= 0.6 is 23.2 Å². The van der Waals surface area contributed by atoms with Crippen molar-refractivity contribution in [1.82, 2.24) is 15.1 Å². The minimum atomic E-state index is 0.527. The molecule has 3 nitrogen and oxygen atoms in total. The van der Waals surface area contributed by atoms with Crippen LogP contribution in [0.15, 0.2) is 0 Å².